The summed E-state index contributed by atoms with van der Waals surface area (Å²) in [4.78, 5) is 12.6. The monoisotopic (exact) mass is 265 g/mol. The van der Waals surface area contributed by atoms with E-state index in [2.05, 4.69) is 6.92 Å². The van der Waals surface area contributed by atoms with Gasteiger partial charge in [-0.05, 0) is 37.5 Å². The fourth-order valence-corrected chi connectivity index (χ4v) is 2.43. The molecular formula is C15H20FNO2. The SMILES string of the molecule is CCCOC1CCCN(c2ccc(C=O)cc2F)C1. The molecule has 0 aliphatic carbocycles. The molecule has 0 spiro atoms. The van der Waals surface area contributed by atoms with E-state index in [9.17, 15) is 9.18 Å². The Morgan fingerprint density at radius 2 is 2.37 bits per heavy atom. The van der Waals surface area contributed by atoms with Crippen molar-refractivity contribution in [2.75, 3.05) is 24.6 Å². The van der Waals surface area contributed by atoms with Crippen LogP contribution in [-0.4, -0.2) is 32.1 Å². The van der Waals surface area contributed by atoms with Crippen molar-refractivity contribution in [3.63, 3.8) is 0 Å². The zero-order chi connectivity index (χ0) is 13.7. The molecule has 2 rings (SSSR count). The van der Waals surface area contributed by atoms with Gasteiger partial charge >= 0.3 is 0 Å². The number of halogens is 1. The lowest BCUT2D eigenvalue weighted by atomic mass is 10.1. The molecule has 3 nitrogen and oxygen atoms in total. The van der Waals surface area contributed by atoms with E-state index in [4.69, 9.17) is 4.74 Å². The second kappa shape index (κ2) is 6.66. The number of hydrogen-bond acceptors (Lipinski definition) is 3. The average Bonchev–Trinajstić information content (AvgIpc) is 2.45. The molecule has 1 atom stereocenters. The van der Waals surface area contributed by atoms with E-state index >= 15 is 0 Å². The number of carbonyl (C=O) groups excluding carboxylic acids is 1. The number of hydrogen-bond donors (Lipinski definition) is 0. The van der Waals surface area contributed by atoms with Crippen molar-refractivity contribution in [2.24, 2.45) is 0 Å². The van der Waals surface area contributed by atoms with Gasteiger partial charge in [-0.25, -0.2) is 4.39 Å². The minimum Gasteiger partial charge on any atom is -0.376 e. The highest BCUT2D eigenvalue weighted by atomic mass is 19.1. The maximum absolute atomic E-state index is 14.0. The van der Waals surface area contributed by atoms with Gasteiger partial charge in [0.1, 0.15) is 12.1 Å². The van der Waals surface area contributed by atoms with Crippen LogP contribution in [0.2, 0.25) is 0 Å². The molecule has 1 unspecified atom stereocenters. The molecule has 0 radical (unpaired) electrons. The molecule has 1 saturated heterocycles. The molecule has 1 fully saturated rings. The third-order valence-corrected chi connectivity index (χ3v) is 3.38. The lowest BCUT2D eigenvalue weighted by Gasteiger charge is -2.34. The van der Waals surface area contributed by atoms with Gasteiger partial charge in [-0.1, -0.05) is 6.92 Å². The molecular weight excluding hydrogens is 245 g/mol. The van der Waals surface area contributed by atoms with Gasteiger partial charge in [0.05, 0.1) is 11.8 Å². The number of anilines is 1. The molecule has 1 aromatic carbocycles. The molecule has 19 heavy (non-hydrogen) atoms. The van der Waals surface area contributed by atoms with E-state index in [-0.39, 0.29) is 11.9 Å². The van der Waals surface area contributed by atoms with Gasteiger partial charge in [0.2, 0.25) is 0 Å². The van der Waals surface area contributed by atoms with E-state index < -0.39 is 0 Å². The summed E-state index contributed by atoms with van der Waals surface area (Å²) in [7, 11) is 0. The smallest absolute Gasteiger partial charge is 0.150 e. The molecule has 0 saturated carbocycles. The number of rotatable bonds is 5. The summed E-state index contributed by atoms with van der Waals surface area (Å²) in [5.74, 6) is -0.333. The first-order valence-corrected chi connectivity index (χ1v) is 6.86. The Morgan fingerprint density at radius 1 is 1.53 bits per heavy atom. The van der Waals surface area contributed by atoms with Gasteiger partial charge in [0.25, 0.3) is 0 Å². The number of carbonyl (C=O) groups is 1. The predicted octanol–water partition coefficient (Wildman–Crippen LogP) is 3.03. The number of ether oxygens (including phenoxy) is 1. The maximum atomic E-state index is 14.0. The zero-order valence-electron chi connectivity index (χ0n) is 11.3. The zero-order valence-corrected chi connectivity index (χ0v) is 11.3. The normalized spacial score (nSPS) is 19.5. The summed E-state index contributed by atoms with van der Waals surface area (Å²) < 4.78 is 19.7. The van der Waals surface area contributed by atoms with Crippen LogP contribution >= 0.6 is 0 Å². The Kier molecular flexibility index (Phi) is 4.91. The van der Waals surface area contributed by atoms with Gasteiger partial charge < -0.3 is 9.64 Å². The number of benzene rings is 1. The third kappa shape index (κ3) is 3.53. The highest BCUT2D eigenvalue weighted by molar-refractivity contribution is 5.76. The molecule has 0 N–H and O–H groups in total. The van der Waals surface area contributed by atoms with Gasteiger partial charge in [0.15, 0.2) is 0 Å². The second-order valence-corrected chi connectivity index (χ2v) is 4.91. The summed E-state index contributed by atoms with van der Waals surface area (Å²) in [6.07, 6.45) is 3.88. The van der Waals surface area contributed by atoms with E-state index in [0.717, 1.165) is 39.0 Å². The predicted molar refractivity (Wildman–Crippen MR) is 73.3 cm³/mol. The van der Waals surface area contributed by atoms with Gasteiger partial charge in [0, 0.05) is 25.3 Å². The summed E-state index contributed by atoms with van der Waals surface area (Å²) in [6, 6.07) is 4.63. The van der Waals surface area contributed by atoms with Crippen LogP contribution in [0.3, 0.4) is 0 Å². The van der Waals surface area contributed by atoms with Crippen LogP contribution in [0, 0.1) is 5.82 Å². The quantitative estimate of drug-likeness (QED) is 0.766. The Bertz CT molecular complexity index is 436. The van der Waals surface area contributed by atoms with E-state index in [1.807, 2.05) is 4.90 Å². The van der Waals surface area contributed by atoms with Gasteiger partial charge in [-0.15, -0.1) is 0 Å². The van der Waals surface area contributed by atoms with E-state index in [1.165, 1.54) is 6.07 Å². The Labute approximate surface area is 113 Å². The minimum atomic E-state index is -0.333. The summed E-state index contributed by atoms with van der Waals surface area (Å²) >= 11 is 0. The van der Waals surface area contributed by atoms with Crippen molar-refractivity contribution in [1.29, 1.82) is 0 Å². The molecule has 1 aromatic rings. The Hall–Kier alpha value is -1.42. The van der Waals surface area contributed by atoms with Gasteiger partial charge in [-0.3, -0.25) is 4.79 Å². The molecule has 1 aliphatic heterocycles. The molecule has 1 heterocycles. The van der Waals surface area contributed by atoms with E-state index in [1.54, 1.807) is 12.1 Å². The number of piperidine rings is 1. The lowest BCUT2D eigenvalue weighted by molar-refractivity contribution is 0.0439. The van der Waals surface area contributed by atoms with Crippen LogP contribution in [0.4, 0.5) is 10.1 Å². The standard InChI is InChI=1S/C15H20FNO2/c1-2-8-19-13-4-3-7-17(10-13)15-6-5-12(11-18)9-14(15)16/h5-6,9,11,13H,2-4,7-8,10H2,1H3. The average molecular weight is 265 g/mol. The van der Waals surface area contributed by atoms with Crippen molar-refractivity contribution in [2.45, 2.75) is 32.3 Å². The summed E-state index contributed by atoms with van der Waals surface area (Å²) in [5.41, 5.74) is 0.937. The molecule has 1 aliphatic rings. The Morgan fingerprint density at radius 3 is 3.05 bits per heavy atom. The third-order valence-electron chi connectivity index (χ3n) is 3.38. The molecule has 0 aromatic heterocycles. The largest absolute Gasteiger partial charge is 0.376 e. The lowest BCUT2D eigenvalue weighted by Crippen LogP contribution is -2.40. The summed E-state index contributed by atoms with van der Waals surface area (Å²) in [6.45, 7) is 4.39. The topological polar surface area (TPSA) is 29.5 Å². The number of aldehydes is 1. The van der Waals surface area contributed by atoms with Crippen molar-refractivity contribution in [1.82, 2.24) is 0 Å². The van der Waals surface area contributed by atoms with Crippen LogP contribution < -0.4 is 4.90 Å². The van der Waals surface area contributed by atoms with Crippen LogP contribution in [-0.2, 0) is 4.74 Å². The maximum Gasteiger partial charge on any atom is 0.150 e. The van der Waals surface area contributed by atoms with Crippen LogP contribution in [0.5, 0.6) is 0 Å². The second-order valence-electron chi connectivity index (χ2n) is 4.91. The van der Waals surface area contributed by atoms with Crippen molar-refractivity contribution in [3.05, 3.63) is 29.6 Å². The molecule has 0 amide bonds. The number of nitrogens with zero attached hydrogens (tertiary/aromatic N) is 1. The first kappa shape index (κ1) is 14.0. The summed E-state index contributed by atoms with van der Waals surface area (Å²) in [5, 5.41) is 0. The fourth-order valence-electron chi connectivity index (χ4n) is 2.43. The van der Waals surface area contributed by atoms with Crippen LogP contribution in [0.1, 0.15) is 36.5 Å². The minimum absolute atomic E-state index is 0.179. The van der Waals surface area contributed by atoms with Crippen LogP contribution in [0.15, 0.2) is 18.2 Å². The van der Waals surface area contributed by atoms with Crippen LogP contribution in [0.25, 0.3) is 0 Å². The van der Waals surface area contributed by atoms with Gasteiger partial charge in [-0.2, -0.15) is 0 Å². The van der Waals surface area contributed by atoms with Crippen molar-refractivity contribution < 1.29 is 13.9 Å². The Balaban J connectivity index is 2.06. The first-order chi connectivity index (χ1) is 9.24. The first-order valence-electron chi connectivity index (χ1n) is 6.86. The molecule has 0 bridgehead atoms. The van der Waals surface area contributed by atoms with Crippen molar-refractivity contribution >= 4 is 12.0 Å². The highest BCUT2D eigenvalue weighted by Gasteiger charge is 2.22. The highest BCUT2D eigenvalue weighted by Crippen LogP contribution is 2.24. The van der Waals surface area contributed by atoms with Crippen molar-refractivity contribution in [3.8, 4) is 0 Å². The molecule has 104 valence electrons. The van der Waals surface area contributed by atoms with E-state index in [0.29, 0.717) is 17.5 Å². The fraction of sp³-hybridized carbons (Fsp3) is 0.533. The molecule has 4 heteroatoms.